The fourth-order valence-corrected chi connectivity index (χ4v) is 1.07. The maximum Gasteiger partial charge on any atom is 0.416 e. The number of aliphatic hydroxyl groups excluding tert-OH is 1. The molecule has 1 unspecified atom stereocenters. The maximum absolute atomic E-state index is 13.0. The Labute approximate surface area is 100 Å². The summed E-state index contributed by atoms with van der Waals surface area (Å²) >= 11 is 0. The highest BCUT2D eigenvalue weighted by Gasteiger charge is 2.38. The molecule has 2 nitrogen and oxygen atoms in total. The molecule has 0 saturated carbocycles. The van der Waals surface area contributed by atoms with Crippen molar-refractivity contribution in [2.45, 2.75) is 12.3 Å². The van der Waals surface area contributed by atoms with Gasteiger partial charge in [-0.2, -0.15) is 13.2 Å². The zero-order valence-electron chi connectivity index (χ0n) is 8.76. The largest absolute Gasteiger partial charge is 0.416 e. The molecule has 0 aliphatic carbocycles. The Morgan fingerprint density at radius 1 is 0.842 bits per heavy atom. The predicted molar refractivity (Wildman–Crippen MR) is 46.8 cm³/mol. The summed E-state index contributed by atoms with van der Waals surface area (Å²) in [6, 6.07) is 0. The van der Waals surface area contributed by atoms with Crippen LogP contribution in [0.4, 0.5) is 40.8 Å². The van der Waals surface area contributed by atoms with Crippen molar-refractivity contribution in [2.75, 3.05) is 11.9 Å². The highest BCUT2D eigenvalue weighted by molar-refractivity contribution is 5.47. The number of aliphatic hydroxyl groups is 1. The number of benzene rings is 1. The molecule has 10 heteroatoms. The molecule has 1 atom stereocenters. The molecule has 108 valence electrons. The van der Waals surface area contributed by atoms with Crippen LogP contribution in [-0.4, -0.2) is 23.9 Å². The van der Waals surface area contributed by atoms with Gasteiger partial charge < -0.3 is 10.4 Å². The molecule has 0 aliphatic rings. The van der Waals surface area contributed by atoms with Gasteiger partial charge in [-0.1, -0.05) is 0 Å². The van der Waals surface area contributed by atoms with Crippen LogP contribution in [0.1, 0.15) is 0 Å². The molecule has 0 fully saturated rings. The van der Waals surface area contributed by atoms with E-state index in [-0.39, 0.29) is 0 Å². The molecular weight excluding hydrogens is 290 g/mol. The van der Waals surface area contributed by atoms with Crippen LogP contribution in [0.3, 0.4) is 0 Å². The van der Waals surface area contributed by atoms with E-state index in [1.165, 1.54) is 5.32 Å². The van der Waals surface area contributed by atoms with E-state index in [1.54, 1.807) is 0 Å². The molecule has 0 aliphatic heterocycles. The number of nitrogens with one attached hydrogen (secondary N) is 1. The number of anilines is 1. The summed E-state index contributed by atoms with van der Waals surface area (Å²) in [4.78, 5) is 0. The Balaban J connectivity index is 3.03. The van der Waals surface area contributed by atoms with E-state index in [0.717, 1.165) is 0 Å². The molecule has 19 heavy (non-hydrogen) atoms. The van der Waals surface area contributed by atoms with Crippen molar-refractivity contribution in [3.8, 4) is 0 Å². The second-order valence-electron chi connectivity index (χ2n) is 3.38. The number of alkyl halides is 3. The highest BCUT2D eigenvalue weighted by atomic mass is 19.4. The molecule has 1 aromatic rings. The molecule has 0 saturated heterocycles. The Bertz CT molecular complexity index is 457. The third-order valence-electron chi connectivity index (χ3n) is 2.06. The fourth-order valence-electron chi connectivity index (χ4n) is 1.07. The van der Waals surface area contributed by atoms with E-state index >= 15 is 0 Å². The zero-order chi connectivity index (χ0) is 15.0. The van der Waals surface area contributed by atoms with Crippen LogP contribution in [0, 0.1) is 29.1 Å². The highest BCUT2D eigenvalue weighted by Crippen LogP contribution is 2.28. The molecule has 2 N–H and O–H groups in total. The smallest absolute Gasteiger partial charge is 0.382 e. The first kappa shape index (κ1) is 15.5. The van der Waals surface area contributed by atoms with Crippen molar-refractivity contribution >= 4 is 5.69 Å². The van der Waals surface area contributed by atoms with E-state index in [4.69, 9.17) is 5.11 Å². The fraction of sp³-hybridized carbons (Fsp3) is 0.333. The van der Waals surface area contributed by atoms with Crippen molar-refractivity contribution < 1.29 is 40.2 Å². The first-order chi connectivity index (χ1) is 8.57. The van der Waals surface area contributed by atoms with Crippen molar-refractivity contribution in [1.29, 1.82) is 0 Å². The van der Waals surface area contributed by atoms with E-state index < -0.39 is 53.6 Å². The van der Waals surface area contributed by atoms with E-state index in [1.807, 2.05) is 0 Å². The Kier molecular flexibility index (Phi) is 4.23. The second kappa shape index (κ2) is 5.19. The number of rotatable bonds is 3. The average molecular weight is 295 g/mol. The van der Waals surface area contributed by atoms with E-state index in [0.29, 0.717) is 0 Å². The molecular formula is C9H5F8NO. The van der Waals surface area contributed by atoms with Gasteiger partial charge in [0.1, 0.15) is 5.69 Å². The molecule has 1 aromatic carbocycles. The lowest BCUT2D eigenvalue weighted by Gasteiger charge is -2.16. The van der Waals surface area contributed by atoms with Crippen molar-refractivity contribution in [3.05, 3.63) is 29.1 Å². The van der Waals surface area contributed by atoms with Gasteiger partial charge in [-0.25, -0.2) is 22.0 Å². The third-order valence-corrected chi connectivity index (χ3v) is 2.06. The topological polar surface area (TPSA) is 32.3 Å². The van der Waals surface area contributed by atoms with Gasteiger partial charge in [-0.05, 0) is 0 Å². The lowest BCUT2D eigenvalue weighted by atomic mass is 10.2. The van der Waals surface area contributed by atoms with Crippen LogP contribution in [0.15, 0.2) is 0 Å². The number of halogens is 8. The van der Waals surface area contributed by atoms with Crippen LogP contribution in [0.5, 0.6) is 0 Å². The average Bonchev–Trinajstić information content (AvgIpc) is 2.32. The van der Waals surface area contributed by atoms with Crippen molar-refractivity contribution in [3.63, 3.8) is 0 Å². The normalized spacial score (nSPS) is 13.5. The summed E-state index contributed by atoms with van der Waals surface area (Å²) in [5.41, 5.74) is -1.64. The lowest BCUT2D eigenvalue weighted by Crippen LogP contribution is -2.35. The summed E-state index contributed by atoms with van der Waals surface area (Å²) in [5.74, 6) is -11.7. The Morgan fingerprint density at radius 3 is 1.58 bits per heavy atom. The number of hydrogen-bond donors (Lipinski definition) is 2. The van der Waals surface area contributed by atoms with Gasteiger partial charge >= 0.3 is 6.18 Å². The van der Waals surface area contributed by atoms with E-state index in [2.05, 4.69) is 0 Å². The van der Waals surface area contributed by atoms with Gasteiger partial charge in [0.15, 0.2) is 29.4 Å². The van der Waals surface area contributed by atoms with Gasteiger partial charge in [0.25, 0.3) is 0 Å². The second-order valence-corrected chi connectivity index (χ2v) is 3.38. The monoisotopic (exact) mass is 295 g/mol. The minimum absolute atomic E-state index is 1.33. The molecule has 1 rings (SSSR count). The minimum atomic E-state index is -5.10. The van der Waals surface area contributed by atoms with Crippen LogP contribution in [0.25, 0.3) is 0 Å². The third kappa shape index (κ3) is 3.06. The molecule has 0 bridgehead atoms. The predicted octanol–water partition coefficient (Wildman–Crippen LogP) is 2.72. The Hall–Kier alpha value is -1.58. The van der Waals surface area contributed by atoms with Gasteiger partial charge in [0, 0.05) is 6.54 Å². The van der Waals surface area contributed by atoms with Crippen LogP contribution >= 0.6 is 0 Å². The molecule has 0 spiro atoms. The first-order valence-corrected chi connectivity index (χ1v) is 4.57. The lowest BCUT2D eigenvalue weighted by molar-refractivity contribution is -0.198. The van der Waals surface area contributed by atoms with Crippen molar-refractivity contribution in [1.82, 2.24) is 0 Å². The molecule has 0 amide bonds. The summed E-state index contributed by atoms with van der Waals surface area (Å²) in [5, 5.41) is 9.86. The number of hydrogen-bond acceptors (Lipinski definition) is 2. The summed E-state index contributed by atoms with van der Waals surface area (Å²) in [6.07, 6.45) is -8.13. The summed E-state index contributed by atoms with van der Waals surface area (Å²) in [7, 11) is 0. The van der Waals surface area contributed by atoms with Crippen LogP contribution in [0.2, 0.25) is 0 Å². The zero-order valence-corrected chi connectivity index (χ0v) is 8.76. The SMILES string of the molecule is OC(CNc1c(F)c(F)c(F)c(F)c1F)C(F)(F)F. The standard InChI is InChI=1S/C9H5F8NO/c10-3-4(11)6(13)8(7(14)5(3)12)18-1-2(19)9(15,16)17/h2,18-19H,1H2. The summed E-state index contributed by atoms with van der Waals surface area (Å²) in [6.45, 7) is -1.47. The van der Waals surface area contributed by atoms with Gasteiger partial charge in [0.2, 0.25) is 5.82 Å². The molecule has 0 radical (unpaired) electrons. The summed E-state index contributed by atoms with van der Waals surface area (Å²) < 4.78 is 99.6. The van der Waals surface area contributed by atoms with Gasteiger partial charge in [-0.15, -0.1) is 0 Å². The van der Waals surface area contributed by atoms with E-state index in [9.17, 15) is 35.1 Å². The Morgan fingerprint density at radius 2 is 1.21 bits per heavy atom. The van der Waals surface area contributed by atoms with Crippen LogP contribution < -0.4 is 5.32 Å². The van der Waals surface area contributed by atoms with Crippen LogP contribution in [-0.2, 0) is 0 Å². The first-order valence-electron chi connectivity index (χ1n) is 4.57. The maximum atomic E-state index is 13.0. The van der Waals surface area contributed by atoms with Crippen molar-refractivity contribution in [2.24, 2.45) is 0 Å². The van der Waals surface area contributed by atoms with Gasteiger partial charge in [-0.3, -0.25) is 0 Å². The molecule has 0 heterocycles. The van der Waals surface area contributed by atoms with Gasteiger partial charge in [0.05, 0.1) is 0 Å². The minimum Gasteiger partial charge on any atom is -0.382 e. The molecule has 0 aromatic heterocycles. The quantitative estimate of drug-likeness (QED) is 0.510.